The number of nitrogens with one attached hydrogen (secondary N) is 1. The molecule has 0 saturated carbocycles. The minimum Gasteiger partial charge on any atom is -0.311 e. The number of nitriles is 1. The maximum absolute atomic E-state index is 8.84. The van der Waals surface area contributed by atoms with E-state index >= 15 is 0 Å². The molecule has 0 atom stereocenters. The van der Waals surface area contributed by atoms with E-state index in [0.29, 0.717) is 0 Å². The molecule has 1 rings (SSSR count). The second-order valence-corrected chi connectivity index (χ2v) is 4.48. The van der Waals surface area contributed by atoms with Crippen molar-refractivity contribution in [1.82, 2.24) is 15.3 Å². The van der Waals surface area contributed by atoms with Gasteiger partial charge in [0.1, 0.15) is 6.33 Å². The maximum atomic E-state index is 8.84. The number of aromatic nitrogens is 2. The average Bonchev–Trinajstić information content (AvgIpc) is 2.30. The Hall–Kier alpha value is -1.47. The summed E-state index contributed by atoms with van der Waals surface area (Å²) in [7, 11) is 0. The molecule has 0 aliphatic rings. The van der Waals surface area contributed by atoms with Crippen molar-refractivity contribution in [3.63, 3.8) is 0 Å². The quantitative estimate of drug-likeness (QED) is 0.741. The molecular formula is C12H18N4. The summed E-state index contributed by atoms with van der Waals surface area (Å²) >= 11 is 0. The molecule has 1 aromatic rings. The number of hydrogen-bond acceptors (Lipinski definition) is 4. The summed E-state index contributed by atoms with van der Waals surface area (Å²) in [5, 5.41) is 12.1. The Morgan fingerprint density at radius 1 is 1.50 bits per heavy atom. The highest BCUT2D eigenvalue weighted by Gasteiger charge is 2.15. The Morgan fingerprint density at radius 3 is 2.94 bits per heavy atom. The zero-order chi connectivity index (χ0) is 11.9. The van der Waals surface area contributed by atoms with Crippen LogP contribution in [0.25, 0.3) is 0 Å². The molecule has 0 spiro atoms. The standard InChI is InChI=1S/C12H18N4/c1-12(2,9-13)5-3-6-14-8-11-4-7-15-10-16-11/h4,7,10,14H,3,5-6,8H2,1-2H3. The lowest BCUT2D eigenvalue weighted by Crippen LogP contribution is -2.18. The Kier molecular flexibility index (Phi) is 4.87. The molecule has 86 valence electrons. The summed E-state index contributed by atoms with van der Waals surface area (Å²) < 4.78 is 0. The fourth-order valence-electron chi connectivity index (χ4n) is 1.35. The Morgan fingerprint density at radius 2 is 2.31 bits per heavy atom. The third-order valence-electron chi connectivity index (χ3n) is 2.41. The lowest BCUT2D eigenvalue weighted by Gasteiger charge is -2.14. The molecule has 0 aliphatic heterocycles. The van der Waals surface area contributed by atoms with E-state index in [1.165, 1.54) is 0 Å². The van der Waals surface area contributed by atoms with Gasteiger partial charge in [0.2, 0.25) is 0 Å². The molecule has 0 unspecified atom stereocenters. The molecule has 0 aromatic carbocycles. The van der Waals surface area contributed by atoms with Gasteiger partial charge in [-0.2, -0.15) is 5.26 Å². The van der Waals surface area contributed by atoms with E-state index in [0.717, 1.165) is 31.6 Å². The minimum atomic E-state index is -0.212. The van der Waals surface area contributed by atoms with E-state index in [2.05, 4.69) is 21.4 Å². The lowest BCUT2D eigenvalue weighted by atomic mass is 9.90. The largest absolute Gasteiger partial charge is 0.311 e. The van der Waals surface area contributed by atoms with E-state index < -0.39 is 0 Å². The highest BCUT2D eigenvalue weighted by molar-refractivity contribution is 4.97. The molecule has 1 aromatic heterocycles. The fraction of sp³-hybridized carbons (Fsp3) is 0.583. The highest BCUT2D eigenvalue weighted by Crippen LogP contribution is 2.19. The van der Waals surface area contributed by atoms with Gasteiger partial charge in [0.05, 0.1) is 17.2 Å². The summed E-state index contributed by atoms with van der Waals surface area (Å²) in [6.07, 6.45) is 5.21. The summed E-state index contributed by atoms with van der Waals surface area (Å²) in [6.45, 7) is 5.61. The molecule has 0 amide bonds. The predicted molar refractivity (Wildman–Crippen MR) is 62.4 cm³/mol. The maximum Gasteiger partial charge on any atom is 0.115 e. The second-order valence-electron chi connectivity index (χ2n) is 4.48. The Balaban J connectivity index is 2.12. The van der Waals surface area contributed by atoms with Gasteiger partial charge in [-0.15, -0.1) is 0 Å². The molecule has 1 N–H and O–H groups in total. The van der Waals surface area contributed by atoms with E-state index in [-0.39, 0.29) is 5.41 Å². The van der Waals surface area contributed by atoms with Crippen LogP contribution in [-0.2, 0) is 6.54 Å². The van der Waals surface area contributed by atoms with Gasteiger partial charge in [-0.05, 0) is 39.3 Å². The number of hydrogen-bond donors (Lipinski definition) is 1. The van der Waals surface area contributed by atoms with Crippen LogP contribution in [0.5, 0.6) is 0 Å². The molecular weight excluding hydrogens is 200 g/mol. The van der Waals surface area contributed by atoms with Crippen LogP contribution < -0.4 is 5.32 Å². The Bertz CT molecular complexity index is 340. The van der Waals surface area contributed by atoms with Gasteiger partial charge in [-0.3, -0.25) is 0 Å². The molecule has 0 aliphatic carbocycles. The summed E-state index contributed by atoms with van der Waals surface area (Å²) in [5.74, 6) is 0. The van der Waals surface area contributed by atoms with Crippen molar-refractivity contribution in [1.29, 1.82) is 5.26 Å². The van der Waals surface area contributed by atoms with Crippen molar-refractivity contribution in [2.24, 2.45) is 5.41 Å². The zero-order valence-electron chi connectivity index (χ0n) is 9.90. The van der Waals surface area contributed by atoms with E-state index in [1.54, 1.807) is 12.5 Å². The first kappa shape index (κ1) is 12.6. The van der Waals surface area contributed by atoms with Crippen LogP contribution in [-0.4, -0.2) is 16.5 Å². The SMILES string of the molecule is CC(C)(C#N)CCCNCc1ccncn1. The average molecular weight is 218 g/mol. The van der Waals surface area contributed by atoms with Crippen LogP contribution in [0.2, 0.25) is 0 Å². The van der Waals surface area contributed by atoms with E-state index in [4.69, 9.17) is 5.26 Å². The summed E-state index contributed by atoms with van der Waals surface area (Å²) in [5.41, 5.74) is 0.783. The van der Waals surface area contributed by atoms with Crippen molar-refractivity contribution in [3.05, 3.63) is 24.3 Å². The van der Waals surface area contributed by atoms with Crippen LogP contribution in [0.4, 0.5) is 0 Å². The van der Waals surface area contributed by atoms with Crippen molar-refractivity contribution >= 4 is 0 Å². The second kappa shape index (κ2) is 6.19. The van der Waals surface area contributed by atoms with Crippen LogP contribution in [0, 0.1) is 16.7 Å². The van der Waals surface area contributed by atoms with Crippen molar-refractivity contribution < 1.29 is 0 Å². The Labute approximate surface area is 96.7 Å². The number of rotatable bonds is 6. The molecule has 0 radical (unpaired) electrons. The van der Waals surface area contributed by atoms with Gasteiger partial charge in [-0.1, -0.05) is 0 Å². The van der Waals surface area contributed by atoms with Gasteiger partial charge >= 0.3 is 0 Å². The monoisotopic (exact) mass is 218 g/mol. The molecule has 0 saturated heterocycles. The number of nitrogens with zero attached hydrogens (tertiary/aromatic N) is 3. The lowest BCUT2D eigenvalue weighted by molar-refractivity contribution is 0.425. The third kappa shape index (κ3) is 4.85. The van der Waals surface area contributed by atoms with Crippen molar-refractivity contribution in [2.75, 3.05) is 6.54 Å². The van der Waals surface area contributed by atoms with Gasteiger partial charge in [0.15, 0.2) is 0 Å². The van der Waals surface area contributed by atoms with E-state index in [9.17, 15) is 0 Å². The van der Waals surface area contributed by atoms with Crippen LogP contribution in [0.1, 0.15) is 32.4 Å². The molecule has 16 heavy (non-hydrogen) atoms. The van der Waals surface area contributed by atoms with Crippen molar-refractivity contribution in [3.8, 4) is 6.07 Å². The van der Waals surface area contributed by atoms with Crippen LogP contribution in [0.15, 0.2) is 18.6 Å². The van der Waals surface area contributed by atoms with Gasteiger partial charge in [-0.25, -0.2) is 9.97 Å². The molecule has 0 bridgehead atoms. The van der Waals surface area contributed by atoms with Gasteiger partial charge in [0, 0.05) is 12.7 Å². The normalized spacial score (nSPS) is 11.1. The molecule has 1 heterocycles. The summed E-state index contributed by atoms with van der Waals surface area (Å²) in [6, 6.07) is 4.20. The van der Waals surface area contributed by atoms with Crippen molar-refractivity contribution in [2.45, 2.75) is 33.2 Å². The topological polar surface area (TPSA) is 61.6 Å². The smallest absolute Gasteiger partial charge is 0.115 e. The fourth-order valence-corrected chi connectivity index (χ4v) is 1.35. The van der Waals surface area contributed by atoms with Crippen LogP contribution >= 0.6 is 0 Å². The zero-order valence-corrected chi connectivity index (χ0v) is 9.90. The van der Waals surface area contributed by atoms with Crippen LogP contribution in [0.3, 0.4) is 0 Å². The predicted octanol–water partition coefficient (Wildman–Crippen LogP) is 1.90. The van der Waals surface area contributed by atoms with Gasteiger partial charge in [0.25, 0.3) is 0 Å². The molecule has 4 heteroatoms. The third-order valence-corrected chi connectivity index (χ3v) is 2.41. The molecule has 0 fully saturated rings. The minimum absolute atomic E-state index is 0.212. The highest BCUT2D eigenvalue weighted by atomic mass is 14.9. The first-order valence-electron chi connectivity index (χ1n) is 5.51. The van der Waals surface area contributed by atoms with E-state index in [1.807, 2.05) is 19.9 Å². The molecule has 4 nitrogen and oxygen atoms in total. The summed E-state index contributed by atoms with van der Waals surface area (Å²) in [4.78, 5) is 7.97. The van der Waals surface area contributed by atoms with Gasteiger partial charge < -0.3 is 5.32 Å². The first-order valence-corrected chi connectivity index (χ1v) is 5.51. The first-order chi connectivity index (χ1) is 7.64.